The largest absolute Gasteiger partial charge is 0.372 e. The average Bonchev–Trinajstić information content (AvgIpc) is 3.10. The minimum Gasteiger partial charge on any atom is -0.372 e. The van der Waals surface area contributed by atoms with Crippen molar-refractivity contribution in [2.24, 2.45) is 0 Å². The number of anilines is 1. The van der Waals surface area contributed by atoms with Crippen LogP contribution < -0.4 is 10.2 Å². The average molecular weight is 294 g/mol. The molecule has 0 saturated carbocycles. The van der Waals surface area contributed by atoms with Crippen molar-refractivity contribution >= 4 is 11.6 Å². The number of carbonyl (C=O) groups excluding carboxylic acids is 1. The summed E-state index contributed by atoms with van der Waals surface area (Å²) >= 11 is 0. The lowest BCUT2D eigenvalue weighted by molar-refractivity contribution is 0.0940. The van der Waals surface area contributed by atoms with Gasteiger partial charge in [-0.15, -0.1) is 0 Å². The zero-order valence-corrected chi connectivity index (χ0v) is 13.0. The van der Waals surface area contributed by atoms with Crippen LogP contribution in [0.5, 0.6) is 0 Å². The number of carbonyl (C=O) groups is 1. The summed E-state index contributed by atoms with van der Waals surface area (Å²) < 4.78 is 0. The highest BCUT2D eigenvalue weighted by atomic mass is 16.1. The highest BCUT2D eigenvalue weighted by Crippen LogP contribution is 2.21. The quantitative estimate of drug-likeness (QED) is 0.930. The van der Waals surface area contributed by atoms with Crippen molar-refractivity contribution in [2.75, 3.05) is 18.0 Å². The van der Waals surface area contributed by atoms with Gasteiger partial charge in [-0.25, -0.2) is 0 Å². The number of amides is 1. The molecule has 1 aliphatic rings. The third-order valence-electron chi connectivity index (χ3n) is 4.25. The van der Waals surface area contributed by atoms with Crippen molar-refractivity contribution in [3.05, 3.63) is 65.7 Å². The Morgan fingerprint density at radius 1 is 1.00 bits per heavy atom. The van der Waals surface area contributed by atoms with Gasteiger partial charge in [-0.05, 0) is 49.6 Å². The van der Waals surface area contributed by atoms with Crippen LogP contribution in [-0.2, 0) is 0 Å². The van der Waals surface area contributed by atoms with Gasteiger partial charge in [-0.2, -0.15) is 0 Å². The van der Waals surface area contributed by atoms with Crippen LogP contribution in [0.15, 0.2) is 54.6 Å². The summed E-state index contributed by atoms with van der Waals surface area (Å²) in [5.41, 5.74) is 3.04. The predicted octanol–water partition coefficient (Wildman–Crippen LogP) is 3.78. The van der Waals surface area contributed by atoms with E-state index >= 15 is 0 Å². The second-order valence-electron chi connectivity index (χ2n) is 5.85. The molecule has 1 saturated heterocycles. The fraction of sp³-hybridized carbons (Fsp3) is 0.316. The monoisotopic (exact) mass is 294 g/mol. The van der Waals surface area contributed by atoms with E-state index < -0.39 is 0 Å². The molecule has 2 aromatic carbocycles. The fourth-order valence-electron chi connectivity index (χ4n) is 2.90. The first-order chi connectivity index (χ1) is 10.7. The van der Waals surface area contributed by atoms with Gasteiger partial charge in [0.05, 0.1) is 6.04 Å². The summed E-state index contributed by atoms with van der Waals surface area (Å²) in [6, 6.07) is 18.0. The second kappa shape index (κ2) is 6.65. The number of nitrogens with zero attached hydrogens (tertiary/aromatic N) is 1. The molecule has 3 heteroatoms. The van der Waals surface area contributed by atoms with Crippen molar-refractivity contribution in [1.29, 1.82) is 0 Å². The maximum absolute atomic E-state index is 12.3. The first-order valence-electron chi connectivity index (χ1n) is 7.95. The second-order valence-corrected chi connectivity index (χ2v) is 5.85. The predicted molar refractivity (Wildman–Crippen MR) is 90.2 cm³/mol. The molecule has 1 aliphatic heterocycles. The van der Waals surface area contributed by atoms with Crippen molar-refractivity contribution in [2.45, 2.75) is 25.8 Å². The van der Waals surface area contributed by atoms with E-state index in [9.17, 15) is 4.79 Å². The molecule has 1 amide bonds. The molecule has 114 valence electrons. The molecule has 3 rings (SSSR count). The van der Waals surface area contributed by atoms with Gasteiger partial charge >= 0.3 is 0 Å². The van der Waals surface area contributed by atoms with E-state index in [2.05, 4.69) is 10.2 Å². The lowest BCUT2D eigenvalue weighted by atomic mass is 10.1. The summed E-state index contributed by atoms with van der Waals surface area (Å²) in [5, 5.41) is 3.05. The van der Waals surface area contributed by atoms with Crippen LogP contribution in [-0.4, -0.2) is 19.0 Å². The van der Waals surface area contributed by atoms with Gasteiger partial charge in [-0.3, -0.25) is 4.79 Å². The zero-order chi connectivity index (χ0) is 15.4. The number of hydrogen-bond acceptors (Lipinski definition) is 2. The summed E-state index contributed by atoms with van der Waals surface area (Å²) in [5.74, 6) is -0.0238. The van der Waals surface area contributed by atoms with E-state index in [-0.39, 0.29) is 11.9 Å². The Balaban J connectivity index is 1.64. The van der Waals surface area contributed by atoms with Crippen LogP contribution in [0.4, 0.5) is 5.69 Å². The van der Waals surface area contributed by atoms with Crippen molar-refractivity contribution in [1.82, 2.24) is 5.32 Å². The highest BCUT2D eigenvalue weighted by Gasteiger charge is 2.14. The molecule has 0 aromatic heterocycles. The van der Waals surface area contributed by atoms with Gasteiger partial charge in [0.15, 0.2) is 0 Å². The van der Waals surface area contributed by atoms with Gasteiger partial charge in [0.2, 0.25) is 0 Å². The van der Waals surface area contributed by atoms with Crippen LogP contribution in [0.2, 0.25) is 0 Å². The summed E-state index contributed by atoms with van der Waals surface area (Å²) in [4.78, 5) is 14.7. The maximum Gasteiger partial charge on any atom is 0.251 e. The van der Waals surface area contributed by atoms with E-state index in [1.165, 1.54) is 18.5 Å². The van der Waals surface area contributed by atoms with Gasteiger partial charge in [0, 0.05) is 24.3 Å². The third kappa shape index (κ3) is 3.30. The first kappa shape index (κ1) is 14.6. The molecule has 2 aromatic rings. The Morgan fingerprint density at radius 3 is 2.27 bits per heavy atom. The molecule has 0 spiro atoms. The van der Waals surface area contributed by atoms with Gasteiger partial charge < -0.3 is 10.2 Å². The number of hydrogen-bond donors (Lipinski definition) is 1. The van der Waals surface area contributed by atoms with Crippen LogP contribution in [0.25, 0.3) is 0 Å². The van der Waals surface area contributed by atoms with Crippen molar-refractivity contribution < 1.29 is 4.79 Å². The van der Waals surface area contributed by atoms with Crippen LogP contribution in [0, 0.1) is 0 Å². The lowest BCUT2D eigenvalue weighted by Crippen LogP contribution is -2.26. The zero-order valence-electron chi connectivity index (χ0n) is 13.0. The third-order valence-corrected chi connectivity index (χ3v) is 4.25. The molecule has 1 fully saturated rings. The molecule has 0 aliphatic carbocycles. The Kier molecular flexibility index (Phi) is 4.42. The number of nitrogens with one attached hydrogen (secondary N) is 1. The van der Waals surface area contributed by atoms with Gasteiger partial charge in [0.1, 0.15) is 0 Å². The van der Waals surface area contributed by atoms with Gasteiger partial charge in [0.25, 0.3) is 5.91 Å². The minimum atomic E-state index is -0.0238. The molecular weight excluding hydrogens is 272 g/mol. The Morgan fingerprint density at radius 2 is 1.64 bits per heavy atom. The molecule has 1 N–H and O–H groups in total. The molecule has 0 radical (unpaired) electrons. The summed E-state index contributed by atoms with van der Waals surface area (Å²) in [6.45, 7) is 4.25. The lowest BCUT2D eigenvalue weighted by Gasteiger charge is -2.18. The topological polar surface area (TPSA) is 32.3 Å². The molecular formula is C19H22N2O. The van der Waals surface area contributed by atoms with E-state index in [1.807, 2.05) is 61.5 Å². The van der Waals surface area contributed by atoms with Crippen LogP contribution >= 0.6 is 0 Å². The number of rotatable bonds is 4. The molecule has 1 atom stereocenters. The van der Waals surface area contributed by atoms with Crippen molar-refractivity contribution in [3.8, 4) is 0 Å². The standard InChI is InChI=1S/C19H22N2O/c1-15(16-7-3-2-4-8-16)20-19(22)17-9-11-18(12-10-17)21-13-5-6-14-21/h2-4,7-12,15H,5-6,13-14H2,1H3,(H,20,22)/t15-/m0/s1. The van der Waals surface area contributed by atoms with Crippen molar-refractivity contribution in [3.63, 3.8) is 0 Å². The number of benzene rings is 2. The summed E-state index contributed by atoms with van der Waals surface area (Å²) in [6.07, 6.45) is 2.52. The molecule has 0 bridgehead atoms. The molecule has 0 unspecified atom stereocenters. The van der Waals surface area contributed by atoms with E-state index in [0.717, 1.165) is 18.7 Å². The summed E-state index contributed by atoms with van der Waals surface area (Å²) in [7, 11) is 0. The highest BCUT2D eigenvalue weighted by molar-refractivity contribution is 5.94. The first-order valence-corrected chi connectivity index (χ1v) is 7.95. The smallest absolute Gasteiger partial charge is 0.251 e. The molecule has 22 heavy (non-hydrogen) atoms. The minimum absolute atomic E-state index is 0.00644. The van der Waals surface area contributed by atoms with Crippen LogP contribution in [0.3, 0.4) is 0 Å². The normalized spacial score (nSPS) is 15.6. The molecule has 1 heterocycles. The Labute approximate surface area is 132 Å². The van der Waals surface area contributed by atoms with E-state index in [4.69, 9.17) is 0 Å². The fourth-order valence-corrected chi connectivity index (χ4v) is 2.90. The van der Waals surface area contributed by atoms with E-state index in [1.54, 1.807) is 0 Å². The van der Waals surface area contributed by atoms with E-state index in [0.29, 0.717) is 5.56 Å². The Bertz CT molecular complexity index is 616. The van der Waals surface area contributed by atoms with Gasteiger partial charge in [-0.1, -0.05) is 30.3 Å². The maximum atomic E-state index is 12.3. The SMILES string of the molecule is C[C@H](NC(=O)c1ccc(N2CCCC2)cc1)c1ccccc1. The Hall–Kier alpha value is -2.29. The molecule has 3 nitrogen and oxygen atoms in total. The van der Waals surface area contributed by atoms with Crippen LogP contribution in [0.1, 0.15) is 41.7 Å².